The van der Waals surface area contributed by atoms with Gasteiger partial charge in [0.25, 0.3) is 0 Å². The number of hydrogen-bond acceptors (Lipinski definition) is 2. The van der Waals surface area contributed by atoms with Crippen LogP contribution in [0, 0.1) is 5.82 Å². The quantitative estimate of drug-likeness (QED) is 0.904. The number of likely N-dealkylation sites (N-methyl/N-ethyl adjacent to an activating group) is 1. The summed E-state index contributed by atoms with van der Waals surface area (Å²) in [7, 11) is 1.63. The van der Waals surface area contributed by atoms with Gasteiger partial charge in [-0.15, -0.1) is 0 Å². The summed E-state index contributed by atoms with van der Waals surface area (Å²) < 4.78 is 13.6. The van der Waals surface area contributed by atoms with Crippen molar-refractivity contribution < 1.29 is 14.3 Å². The van der Waals surface area contributed by atoms with Gasteiger partial charge >= 0.3 is 5.97 Å². The SMILES string of the molecule is CN(Cc1cccc(Cl)c1F)C(C)(C)C(=O)O. The van der Waals surface area contributed by atoms with Gasteiger partial charge in [-0.05, 0) is 27.0 Å². The van der Waals surface area contributed by atoms with Gasteiger partial charge in [-0.2, -0.15) is 0 Å². The van der Waals surface area contributed by atoms with Crippen molar-refractivity contribution in [2.45, 2.75) is 25.9 Å². The molecule has 17 heavy (non-hydrogen) atoms. The monoisotopic (exact) mass is 259 g/mol. The molecule has 0 spiro atoms. The molecule has 1 N–H and O–H groups in total. The van der Waals surface area contributed by atoms with Crippen molar-refractivity contribution >= 4 is 17.6 Å². The average molecular weight is 260 g/mol. The van der Waals surface area contributed by atoms with Gasteiger partial charge in [-0.25, -0.2) is 4.39 Å². The van der Waals surface area contributed by atoms with Crippen LogP contribution in [0.4, 0.5) is 4.39 Å². The third-order valence-electron chi connectivity index (χ3n) is 2.92. The Morgan fingerprint density at radius 1 is 1.53 bits per heavy atom. The van der Waals surface area contributed by atoms with Crippen molar-refractivity contribution in [1.82, 2.24) is 4.90 Å². The van der Waals surface area contributed by atoms with E-state index in [0.717, 1.165) is 0 Å². The molecule has 0 radical (unpaired) electrons. The molecular formula is C12H15ClFNO2. The van der Waals surface area contributed by atoms with E-state index in [9.17, 15) is 9.18 Å². The van der Waals surface area contributed by atoms with Crippen molar-refractivity contribution in [2.24, 2.45) is 0 Å². The van der Waals surface area contributed by atoms with Gasteiger partial charge in [0.1, 0.15) is 11.4 Å². The topological polar surface area (TPSA) is 40.5 Å². The number of carboxylic acid groups (broad SMARTS) is 1. The lowest BCUT2D eigenvalue weighted by Crippen LogP contribution is -2.47. The van der Waals surface area contributed by atoms with E-state index in [0.29, 0.717) is 5.56 Å². The average Bonchev–Trinajstić information content (AvgIpc) is 2.24. The first kappa shape index (κ1) is 13.9. The second kappa shape index (κ2) is 5.02. The Bertz CT molecular complexity index is 435. The zero-order valence-electron chi connectivity index (χ0n) is 10.00. The van der Waals surface area contributed by atoms with Crippen molar-refractivity contribution in [3.8, 4) is 0 Å². The summed E-state index contributed by atoms with van der Waals surface area (Å²) in [4.78, 5) is 12.6. The van der Waals surface area contributed by atoms with Gasteiger partial charge in [0.2, 0.25) is 0 Å². The summed E-state index contributed by atoms with van der Waals surface area (Å²) in [6.45, 7) is 3.32. The van der Waals surface area contributed by atoms with Crippen LogP contribution in [-0.4, -0.2) is 28.6 Å². The molecule has 0 fully saturated rings. The lowest BCUT2D eigenvalue weighted by atomic mass is 10.0. The Balaban J connectivity index is 2.92. The maximum Gasteiger partial charge on any atom is 0.323 e. The van der Waals surface area contributed by atoms with E-state index in [1.807, 2.05) is 0 Å². The zero-order valence-corrected chi connectivity index (χ0v) is 10.8. The first-order chi connectivity index (χ1) is 7.76. The summed E-state index contributed by atoms with van der Waals surface area (Å²) in [5.74, 6) is -1.45. The molecule has 94 valence electrons. The minimum atomic E-state index is -1.06. The molecule has 0 aliphatic heterocycles. The van der Waals surface area contributed by atoms with Gasteiger partial charge in [0.15, 0.2) is 0 Å². The van der Waals surface area contributed by atoms with E-state index in [2.05, 4.69) is 0 Å². The van der Waals surface area contributed by atoms with E-state index < -0.39 is 17.3 Å². The highest BCUT2D eigenvalue weighted by atomic mass is 35.5. The molecule has 0 unspecified atom stereocenters. The fraction of sp³-hybridized carbons (Fsp3) is 0.417. The number of rotatable bonds is 4. The maximum absolute atomic E-state index is 13.6. The van der Waals surface area contributed by atoms with E-state index in [4.69, 9.17) is 16.7 Å². The Kier molecular flexibility index (Phi) is 4.11. The third-order valence-corrected chi connectivity index (χ3v) is 3.21. The lowest BCUT2D eigenvalue weighted by molar-refractivity contribution is -0.148. The molecule has 5 heteroatoms. The van der Waals surface area contributed by atoms with E-state index in [-0.39, 0.29) is 11.6 Å². The van der Waals surface area contributed by atoms with E-state index >= 15 is 0 Å². The Hall–Kier alpha value is -1.13. The van der Waals surface area contributed by atoms with Crippen molar-refractivity contribution in [3.63, 3.8) is 0 Å². The highest BCUT2D eigenvalue weighted by Crippen LogP contribution is 2.22. The molecule has 1 aromatic rings. The number of carboxylic acids is 1. The molecule has 0 saturated carbocycles. The van der Waals surface area contributed by atoms with Crippen molar-refractivity contribution in [1.29, 1.82) is 0 Å². The molecule has 0 amide bonds. The lowest BCUT2D eigenvalue weighted by Gasteiger charge is -2.31. The highest BCUT2D eigenvalue weighted by molar-refractivity contribution is 6.30. The van der Waals surface area contributed by atoms with Gasteiger partial charge < -0.3 is 5.11 Å². The summed E-state index contributed by atoms with van der Waals surface area (Å²) in [6.07, 6.45) is 0. The van der Waals surface area contributed by atoms with Gasteiger partial charge in [0, 0.05) is 12.1 Å². The van der Waals surface area contributed by atoms with Crippen LogP contribution in [0.3, 0.4) is 0 Å². The maximum atomic E-state index is 13.6. The summed E-state index contributed by atoms with van der Waals surface area (Å²) in [5, 5.41) is 9.10. The van der Waals surface area contributed by atoms with E-state index in [1.54, 1.807) is 37.9 Å². The molecule has 0 aromatic heterocycles. The van der Waals surface area contributed by atoms with Crippen LogP contribution in [-0.2, 0) is 11.3 Å². The molecular weight excluding hydrogens is 245 g/mol. The zero-order chi connectivity index (χ0) is 13.2. The second-order valence-corrected chi connectivity index (χ2v) is 4.84. The number of aliphatic carboxylic acids is 1. The summed E-state index contributed by atoms with van der Waals surface area (Å²) in [5.41, 5.74) is -0.677. The first-order valence-corrected chi connectivity index (χ1v) is 5.52. The smallest absolute Gasteiger partial charge is 0.323 e. The third kappa shape index (κ3) is 2.96. The fourth-order valence-electron chi connectivity index (χ4n) is 1.29. The molecule has 0 aliphatic carbocycles. The van der Waals surface area contributed by atoms with E-state index in [1.165, 1.54) is 6.07 Å². The first-order valence-electron chi connectivity index (χ1n) is 5.14. The Morgan fingerprint density at radius 2 is 2.12 bits per heavy atom. The molecule has 1 rings (SSSR count). The number of carbonyl (C=O) groups is 1. The second-order valence-electron chi connectivity index (χ2n) is 4.43. The Labute approximate surface area is 105 Å². The van der Waals surface area contributed by atoms with Crippen LogP contribution < -0.4 is 0 Å². The number of nitrogens with zero attached hydrogens (tertiary/aromatic N) is 1. The van der Waals surface area contributed by atoms with Crippen LogP contribution in [0.2, 0.25) is 5.02 Å². The Morgan fingerprint density at radius 3 is 2.65 bits per heavy atom. The molecule has 3 nitrogen and oxygen atoms in total. The van der Waals surface area contributed by atoms with Crippen molar-refractivity contribution in [2.75, 3.05) is 7.05 Å². The minimum absolute atomic E-state index is 0.0454. The normalized spacial score (nSPS) is 11.9. The largest absolute Gasteiger partial charge is 0.480 e. The molecule has 1 aromatic carbocycles. The van der Waals surface area contributed by atoms with Crippen LogP contribution in [0.5, 0.6) is 0 Å². The van der Waals surface area contributed by atoms with Gasteiger partial charge in [-0.3, -0.25) is 9.69 Å². The minimum Gasteiger partial charge on any atom is -0.480 e. The molecule has 0 heterocycles. The molecule has 0 saturated heterocycles. The molecule has 0 bridgehead atoms. The predicted octanol–water partition coefficient (Wildman–Crippen LogP) is 2.77. The highest BCUT2D eigenvalue weighted by Gasteiger charge is 2.32. The molecule has 0 aliphatic rings. The number of halogens is 2. The predicted molar refractivity (Wildman–Crippen MR) is 64.6 cm³/mol. The van der Waals surface area contributed by atoms with Crippen LogP contribution in [0.25, 0.3) is 0 Å². The van der Waals surface area contributed by atoms with Gasteiger partial charge in [-0.1, -0.05) is 23.7 Å². The summed E-state index contributed by atoms with van der Waals surface area (Å²) >= 11 is 5.66. The van der Waals surface area contributed by atoms with Crippen LogP contribution >= 0.6 is 11.6 Å². The standard InChI is InChI=1S/C12H15ClFNO2/c1-12(2,11(16)17)15(3)7-8-5-4-6-9(13)10(8)14/h4-6H,7H2,1-3H3,(H,16,17). The fourth-order valence-corrected chi connectivity index (χ4v) is 1.48. The number of hydrogen-bond donors (Lipinski definition) is 1. The van der Waals surface area contributed by atoms with Crippen LogP contribution in [0.15, 0.2) is 18.2 Å². The molecule has 0 atom stereocenters. The van der Waals surface area contributed by atoms with Gasteiger partial charge in [0.05, 0.1) is 5.02 Å². The number of benzene rings is 1. The van der Waals surface area contributed by atoms with Crippen LogP contribution in [0.1, 0.15) is 19.4 Å². The summed E-state index contributed by atoms with van der Waals surface area (Å²) in [6, 6.07) is 4.70. The van der Waals surface area contributed by atoms with Crippen molar-refractivity contribution in [3.05, 3.63) is 34.6 Å².